The van der Waals surface area contributed by atoms with E-state index in [0.29, 0.717) is 19.8 Å². The van der Waals surface area contributed by atoms with Crippen LogP contribution in [0.15, 0.2) is 91.0 Å². The lowest BCUT2D eigenvalue weighted by Gasteiger charge is -2.47. The predicted molar refractivity (Wildman–Crippen MR) is 121 cm³/mol. The fourth-order valence-corrected chi connectivity index (χ4v) is 4.19. The molecule has 1 N–H and O–H groups in total. The molecule has 2 aliphatic rings. The number of hydrogen-bond donors (Lipinski definition) is 1. The van der Waals surface area contributed by atoms with Crippen molar-refractivity contribution in [2.24, 2.45) is 0 Å². The maximum Gasteiger partial charge on any atom is 0.187 e. The van der Waals surface area contributed by atoms with Crippen molar-refractivity contribution in [3.8, 4) is 0 Å². The van der Waals surface area contributed by atoms with Crippen LogP contribution in [0.5, 0.6) is 0 Å². The quantitative estimate of drug-likeness (QED) is 0.590. The van der Waals surface area contributed by atoms with Crippen LogP contribution in [0.1, 0.15) is 23.0 Å². The predicted octanol–water partition coefficient (Wildman–Crippen LogP) is 3.99. The molecule has 2 unspecified atom stereocenters. The summed E-state index contributed by atoms with van der Waals surface area (Å²) in [6.07, 6.45) is -3.98. The molecule has 0 aromatic heterocycles. The Kier molecular flexibility index (Phi) is 7.12. The van der Waals surface area contributed by atoms with Crippen LogP contribution in [0.3, 0.4) is 0 Å². The zero-order chi connectivity index (χ0) is 22.5. The first kappa shape index (κ1) is 22.2. The zero-order valence-corrected chi connectivity index (χ0v) is 18.2. The second-order valence-corrected chi connectivity index (χ2v) is 8.27. The second-order valence-electron chi connectivity index (χ2n) is 8.27. The molecule has 6 atom stereocenters. The highest BCUT2D eigenvalue weighted by atomic mass is 16.8. The molecule has 3 aromatic rings. The fourth-order valence-electron chi connectivity index (χ4n) is 4.19. The summed E-state index contributed by atoms with van der Waals surface area (Å²) in [5.74, 6) is 0. The van der Waals surface area contributed by atoms with E-state index >= 15 is 0 Å². The molecule has 6 nitrogen and oxygen atoms in total. The zero-order valence-electron chi connectivity index (χ0n) is 18.2. The van der Waals surface area contributed by atoms with Crippen LogP contribution in [0.2, 0.25) is 0 Å². The molecule has 172 valence electrons. The van der Waals surface area contributed by atoms with Gasteiger partial charge in [0, 0.05) is 5.56 Å². The van der Waals surface area contributed by atoms with Gasteiger partial charge in [-0.25, -0.2) is 0 Å². The van der Waals surface area contributed by atoms with Crippen LogP contribution in [0.4, 0.5) is 0 Å². The number of ether oxygens (including phenoxy) is 5. The summed E-state index contributed by atoms with van der Waals surface area (Å²) in [7, 11) is 0. The largest absolute Gasteiger partial charge is 0.385 e. The lowest BCUT2D eigenvalue weighted by atomic mass is 9.97. The van der Waals surface area contributed by atoms with Gasteiger partial charge in [0.05, 0.1) is 19.8 Å². The van der Waals surface area contributed by atoms with Gasteiger partial charge >= 0.3 is 0 Å². The van der Waals surface area contributed by atoms with E-state index in [1.54, 1.807) is 0 Å². The molecule has 2 saturated heterocycles. The van der Waals surface area contributed by atoms with Gasteiger partial charge < -0.3 is 28.8 Å². The Balaban J connectivity index is 1.32. The maximum absolute atomic E-state index is 11.2. The second kappa shape index (κ2) is 10.6. The van der Waals surface area contributed by atoms with Gasteiger partial charge in [-0.1, -0.05) is 91.0 Å². The number of fused-ring (bicyclic) bond motifs is 1. The minimum atomic E-state index is -1.02. The van der Waals surface area contributed by atoms with Gasteiger partial charge in [-0.05, 0) is 11.1 Å². The topological polar surface area (TPSA) is 66.4 Å². The van der Waals surface area contributed by atoms with Crippen molar-refractivity contribution in [3.05, 3.63) is 108 Å². The average Bonchev–Trinajstić information content (AvgIpc) is 2.88. The van der Waals surface area contributed by atoms with E-state index in [-0.39, 0.29) is 0 Å². The monoisotopic (exact) mass is 448 g/mol. The lowest BCUT2D eigenvalue weighted by molar-refractivity contribution is -0.368. The molecule has 0 saturated carbocycles. The molecule has 33 heavy (non-hydrogen) atoms. The lowest BCUT2D eigenvalue weighted by Crippen LogP contribution is -2.62. The molecule has 6 heteroatoms. The Hall–Kier alpha value is -2.58. The smallest absolute Gasteiger partial charge is 0.187 e. The molecule has 3 aromatic carbocycles. The van der Waals surface area contributed by atoms with Gasteiger partial charge in [-0.3, -0.25) is 0 Å². The Bertz CT molecular complexity index is 983. The Morgan fingerprint density at radius 3 is 1.94 bits per heavy atom. The fraction of sp³-hybridized carbons (Fsp3) is 0.333. The molecular formula is C27H28O6. The van der Waals surface area contributed by atoms with E-state index in [0.717, 1.165) is 16.7 Å². The molecule has 5 rings (SSSR count). The first-order valence-corrected chi connectivity index (χ1v) is 11.2. The van der Waals surface area contributed by atoms with E-state index in [9.17, 15) is 5.11 Å². The third-order valence-electron chi connectivity index (χ3n) is 5.92. The number of hydrogen-bond acceptors (Lipinski definition) is 6. The summed E-state index contributed by atoms with van der Waals surface area (Å²) in [5.41, 5.74) is 2.92. The van der Waals surface area contributed by atoms with Crippen LogP contribution in [0.25, 0.3) is 0 Å². The third-order valence-corrected chi connectivity index (χ3v) is 5.92. The minimum absolute atomic E-state index is 0.313. The van der Waals surface area contributed by atoms with E-state index in [1.165, 1.54) is 0 Å². The van der Waals surface area contributed by atoms with Gasteiger partial charge in [0.25, 0.3) is 0 Å². The SMILES string of the molecule is O[C@H]1C(OCc2ccccc2)O[C@@H]2COC(c3ccccc3)O[C@H]2[C@@H]1OCc1ccccc1. The van der Waals surface area contributed by atoms with Crippen molar-refractivity contribution in [2.75, 3.05) is 6.61 Å². The molecule has 0 amide bonds. The first-order valence-electron chi connectivity index (χ1n) is 11.2. The minimum Gasteiger partial charge on any atom is -0.385 e. The first-order chi connectivity index (χ1) is 16.3. The van der Waals surface area contributed by atoms with Crippen molar-refractivity contribution in [1.29, 1.82) is 0 Å². The standard InChI is InChI=1S/C27H28O6/c28-23-25(29-16-19-10-4-1-5-11-19)24-22(18-31-26(33-24)21-14-8-3-9-15-21)32-27(23)30-17-20-12-6-2-7-13-20/h1-15,22-28H,16-18H2/t22-,23-,24-,25-,26?,27?/m1/s1. The van der Waals surface area contributed by atoms with Crippen molar-refractivity contribution in [1.82, 2.24) is 0 Å². The maximum atomic E-state index is 11.2. The molecule has 2 aliphatic heterocycles. The van der Waals surface area contributed by atoms with E-state index < -0.39 is 37.0 Å². The van der Waals surface area contributed by atoms with Crippen molar-refractivity contribution in [3.63, 3.8) is 0 Å². The molecule has 0 bridgehead atoms. The van der Waals surface area contributed by atoms with E-state index in [2.05, 4.69) is 0 Å². The van der Waals surface area contributed by atoms with Gasteiger partial charge in [-0.15, -0.1) is 0 Å². The van der Waals surface area contributed by atoms with Gasteiger partial charge in [0.1, 0.15) is 24.4 Å². The van der Waals surface area contributed by atoms with Crippen molar-refractivity contribution >= 4 is 0 Å². The highest BCUT2D eigenvalue weighted by Gasteiger charge is 2.50. The molecule has 2 heterocycles. The number of aliphatic hydroxyl groups excluding tert-OH is 1. The Morgan fingerprint density at radius 1 is 0.727 bits per heavy atom. The normalized spacial score (nSPS) is 29.4. The van der Waals surface area contributed by atoms with Crippen molar-refractivity contribution in [2.45, 2.75) is 50.2 Å². The van der Waals surface area contributed by atoms with Crippen LogP contribution >= 0.6 is 0 Å². The van der Waals surface area contributed by atoms with Crippen LogP contribution in [-0.4, -0.2) is 42.4 Å². The van der Waals surface area contributed by atoms with Gasteiger partial charge in [0.15, 0.2) is 12.6 Å². The third kappa shape index (κ3) is 5.33. The summed E-state index contributed by atoms with van der Waals surface area (Å²) in [6, 6.07) is 29.4. The number of rotatable bonds is 7. The average molecular weight is 449 g/mol. The van der Waals surface area contributed by atoms with Crippen LogP contribution < -0.4 is 0 Å². The molecular weight excluding hydrogens is 420 g/mol. The van der Waals surface area contributed by atoms with Gasteiger partial charge in [0.2, 0.25) is 0 Å². The summed E-state index contributed by atoms with van der Waals surface area (Å²) >= 11 is 0. The van der Waals surface area contributed by atoms with Gasteiger partial charge in [-0.2, -0.15) is 0 Å². The van der Waals surface area contributed by atoms with E-state index in [1.807, 2.05) is 91.0 Å². The van der Waals surface area contributed by atoms with Crippen molar-refractivity contribution < 1.29 is 28.8 Å². The highest BCUT2D eigenvalue weighted by Crippen LogP contribution is 2.36. The Labute approximate surface area is 193 Å². The van der Waals surface area contributed by atoms with Crippen LogP contribution in [-0.2, 0) is 36.9 Å². The molecule has 0 spiro atoms. The Morgan fingerprint density at radius 2 is 1.30 bits per heavy atom. The molecule has 0 aliphatic carbocycles. The molecule has 0 radical (unpaired) electrons. The summed E-state index contributed by atoms with van der Waals surface area (Å²) in [6.45, 7) is 0.977. The number of benzene rings is 3. The van der Waals surface area contributed by atoms with E-state index in [4.69, 9.17) is 23.7 Å². The summed E-state index contributed by atoms with van der Waals surface area (Å²) < 4.78 is 30.5. The molecule has 2 fully saturated rings. The summed E-state index contributed by atoms with van der Waals surface area (Å²) in [5, 5.41) is 11.2. The summed E-state index contributed by atoms with van der Waals surface area (Å²) in [4.78, 5) is 0. The highest BCUT2D eigenvalue weighted by molar-refractivity contribution is 5.17. The number of aliphatic hydroxyl groups is 1. The van der Waals surface area contributed by atoms with Crippen LogP contribution in [0, 0.1) is 0 Å².